The van der Waals surface area contributed by atoms with Crippen LogP contribution >= 0.6 is 15.9 Å². The van der Waals surface area contributed by atoms with Gasteiger partial charge in [-0.1, -0.05) is 0 Å². The average molecular weight is 253 g/mol. The van der Waals surface area contributed by atoms with E-state index in [1.807, 2.05) is 18.2 Å². The molecule has 0 saturated heterocycles. The summed E-state index contributed by atoms with van der Waals surface area (Å²) >= 11 is 3.33. The van der Waals surface area contributed by atoms with Crippen LogP contribution in [0.5, 0.6) is 0 Å². The van der Waals surface area contributed by atoms with Gasteiger partial charge in [0, 0.05) is 22.9 Å². The second-order valence-electron chi connectivity index (χ2n) is 2.84. The van der Waals surface area contributed by atoms with Gasteiger partial charge in [0.25, 0.3) is 0 Å². The van der Waals surface area contributed by atoms with E-state index in [0.717, 1.165) is 21.6 Å². The second kappa shape index (κ2) is 3.89. The Balaban J connectivity index is 2.34. The van der Waals surface area contributed by atoms with Crippen LogP contribution in [0.2, 0.25) is 0 Å². The molecule has 0 fully saturated rings. The Kier molecular flexibility index (Phi) is 2.60. The van der Waals surface area contributed by atoms with Gasteiger partial charge in [-0.3, -0.25) is 10.1 Å². The van der Waals surface area contributed by atoms with Crippen LogP contribution in [0.3, 0.4) is 0 Å². The van der Waals surface area contributed by atoms with Crippen LogP contribution in [0.1, 0.15) is 5.69 Å². The Morgan fingerprint density at radius 1 is 1.36 bits per heavy atom. The molecule has 0 atom stereocenters. The Bertz CT molecular complexity index is 421. The Hall–Kier alpha value is -1.20. The molecule has 2 aromatic heterocycles. The van der Waals surface area contributed by atoms with Crippen molar-refractivity contribution in [2.45, 2.75) is 6.54 Å². The van der Waals surface area contributed by atoms with Gasteiger partial charge in [-0.2, -0.15) is 5.10 Å². The minimum atomic E-state index is 0.462. The van der Waals surface area contributed by atoms with E-state index in [4.69, 9.17) is 5.73 Å². The number of nitrogens with zero attached hydrogens (tertiary/aromatic N) is 2. The van der Waals surface area contributed by atoms with Gasteiger partial charge in [0.1, 0.15) is 5.69 Å². The number of nitrogens with one attached hydrogen (secondary N) is 1. The largest absolute Gasteiger partial charge is 0.325 e. The van der Waals surface area contributed by atoms with Crippen molar-refractivity contribution in [3.63, 3.8) is 0 Å². The number of nitrogens with two attached hydrogens (primary N) is 1. The summed E-state index contributed by atoms with van der Waals surface area (Å²) in [5.74, 6) is 0. The van der Waals surface area contributed by atoms with Crippen molar-refractivity contribution in [1.29, 1.82) is 0 Å². The molecule has 0 radical (unpaired) electrons. The Morgan fingerprint density at radius 3 is 2.79 bits per heavy atom. The fourth-order valence-electron chi connectivity index (χ4n) is 1.12. The summed E-state index contributed by atoms with van der Waals surface area (Å²) in [7, 11) is 0. The molecule has 0 aliphatic rings. The van der Waals surface area contributed by atoms with E-state index in [-0.39, 0.29) is 0 Å². The van der Waals surface area contributed by atoms with Gasteiger partial charge in [0.2, 0.25) is 0 Å². The molecule has 72 valence electrons. The van der Waals surface area contributed by atoms with Gasteiger partial charge < -0.3 is 5.73 Å². The van der Waals surface area contributed by atoms with Gasteiger partial charge >= 0.3 is 0 Å². The maximum atomic E-state index is 5.47. The number of aromatic nitrogens is 3. The quantitative estimate of drug-likeness (QED) is 0.855. The molecule has 0 saturated carbocycles. The van der Waals surface area contributed by atoms with Gasteiger partial charge in [-0.15, -0.1) is 0 Å². The molecular weight excluding hydrogens is 244 g/mol. The molecule has 0 bridgehead atoms. The third kappa shape index (κ3) is 1.83. The van der Waals surface area contributed by atoms with E-state index in [2.05, 4.69) is 31.1 Å². The highest BCUT2D eigenvalue weighted by Crippen LogP contribution is 2.17. The first kappa shape index (κ1) is 9.36. The molecule has 0 aliphatic carbocycles. The fraction of sp³-hybridized carbons (Fsp3) is 0.111. The van der Waals surface area contributed by atoms with Crippen LogP contribution in [0, 0.1) is 0 Å². The molecule has 4 nitrogen and oxygen atoms in total. The number of H-pyrrole nitrogens is 1. The van der Waals surface area contributed by atoms with Crippen LogP contribution < -0.4 is 5.73 Å². The molecule has 0 amide bonds. The van der Waals surface area contributed by atoms with Gasteiger partial charge in [-0.05, 0) is 34.1 Å². The zero-order chi connectivity index (χ0) is 9.97. The first-order valence-corrected chi connectivity index (χ1v) is 4.95. The number of pyridine rings is 1. The summed E-state index contributed by atoms with van der Waals surface area (Å²) in [5.41, 5.74) is 8.03. The normalized spacial score (nSPS) is 10.4. The number of hydrogen-bond donors (Lipinski definition) is 2. The van der Waals surface area contributed by atoms with Crippen molar-refractivity contribution in [3.8, 4) is 11.4 Å². The summed E-state index contributed by atoms with van der Waals surface area (Å²) in [5, 5.41) is 6.95. The topological polar surface area (TPSA) is 67.6 Å². The number of halogens is 1. The van der Waals surface area contributed by atoms with Crippen molar-refractivity contribution in [2.24, 2.45) is 5.73 Å². The average Bonchev–Trinajstić information content (AvgIpc) is 2.67. The van der Waals surface area contributed by atoms with Crippen molar-refractivity contribution in [2.75, 3.05) is 0 Å². The molecular formula is C9H9BrN4. The van der Waals surface area contributed by atoms with E-state index in [9.17, 15) is 0 Å². The maximum Gasteiger partial charge on any atom is 0.111 e. The van der Waals surface area contributed by atoms with Gasteiger partial charge in [-0.25, -0.2) is 0 Å². The third-order valence-electron chi connectivity index (χ3n) is 1.84. The van der Waals surface area contributed by atoms with Gasteiger partial charge in [0.05, 0.1) is 5.69 Å². The number of rotatable bonds is 2. The molecule has 0 aliphatic heterocycles. The van der Waals surface area contributed by atoms with Crippen molar-refractivity contribution in [1.82, 2.24) is 15.2 Å². The van der Waals surface area contributed by atoms with E-state index >= 15 is 0 Å². The number of aromatic amines is 1. The summed E-state index contributed by atoms with van der Waals surface area (Å²) in [6, 6.07) is 5.73. The second-order valence-corrected chi connectivity index (χ2v) is 3.76. The third-order valence-corrected chi connectivity index (χ3v) is 2.31. The van der Waals surface area contributed by atoms with Gasteiger partial charge in [0.15, 0.2) is 0 Å². The lowest BCUT2D eigenvalue weighted by atomic mass is 10.2. The number of hydrogen-bond acceptors (Lipinski definition) is 3. The highest BCUT2D eigenvalue weighted by molar-refractivity contribution is 9.10. The summed E-state index contributed by atoms with van der Waals surface area (Å²) in [6.45, 7) is 0.462. The minimum absolute atomic E-state index is 0.462. The zero-order valence-electron chi connectivity index (χ0n) is 7.37. The van der Waals surface area contributed by atoms with Crippen LogP contribution in [0.15, 0.2) is 28.9 Å². The molecule has 3 N–H and O–H groups in total. The van der Waals surface area contributed by atoms with Crippen molar-refractivity contribution >= 4 is 15.9 Å². The minimum Gasteiger partial charge on any atom is -0.325 e. The van der Waals surface area contributed by atoms with E-state index in [1.165, 1.54) is 0 Å². The first-order chi connectivity index (χ1) is 6.79. The summed E-state index contributed by atoms with van der Waals surface area (Å²) in [4.78, 5) is 4.23. The van der Waals surface area contributed by atoms with Crippen LogP contribution in [-0.2, 0) is 6.54 Å². The highest BCUT2D eigenvalue weighted by Gasteiger charge is 2.03. The first-order valence-electron chi connectivity index (χ1n) is 4.16. The Labute approximate surface area is 89.7 Å². The molecule has 5 heteroatoms. The van der Waals surface area contributed by atoms with Crippen LogP contribution in [0.4, 0.5) is 0 Å². The summed E-state index contributed by atoms with van der Waals surface area (Å²) in [6.07, 6.45) is 1.74. The van der Waals surface area contributed by atoms with E-state index < -0.39 is 0 Å². The molecule has 0 spiro atoms. The van der Waals surface area contributed by atoms with E-state index in [0.29, 0.717) is 6.54 Å². The van der Waals surface area contributed by atoms with E-state index in [1.54, 1.807) is 6.20 Å². The predicted molar refractivity (Wildman–Crippen MR) is 57.4 cm³/mol. The lowest BCUT2D eigenvalue weighted by Crippen LogP contribution is -1.95. The SMILES string of the molecule is NCc1cc(-c2ccc(Br)cn2)n[nH]1. The monoisotopic (exact) mass is 252 g/mol. The van der Waals surface area contributed by atoms with Crippen LogP contribution in [-0.4, -0.2) is 15.2 Å². The highest BCUT2D eigenvalue weighted by atomic mass is 79.9. The molecule has 2 rings (SSSR count). The fourth-order valence-corrected chi connectivity index (χ4v) is 1.36. The van der Waals surface area contributed by atoms with Crippen LogP contribution in [0.25, 0.3) is 11.4 Å². The molecule has 14 heavy (non-hydrogen) atoms. The Morgan fingerprint density at radius 2 is 2.21 bits per heavy atom. The maximum absolute atomic E-state index is 5.47. The summed E-state index contributed by atoms with van der Waals surface area (Å²) < 4.78 is 0.954. The van der Waals surface area contributed by atoms with Crippen molar-refractivity contribution in [3.05, 3.63) is 34.6 Å². The smallest absolute Gasteiger partial charge is 0.111 e. The molecule has 2 heterocycles. The molecule has 0 unspecified atom stereocenters. The molecule has 2 aromatic rings. The lowest BCUT2D eigenvalue weighted by Gasteiger charge is -1.94. The zero-order valence-corrected chi connectivity index (χ0v) is 8.95. The van der Waals surface area contributed by atoms with Crippen molar-refractivity contribution < 1.29 is 0 Å². The lowest BCUT2D eigenvalue weighted by molar-refractivity contribution is 0.947. The predicted octanol–water partition coefficient (Wildman–Crippen LogP) is 1.69. The standard InChI is InChI=1S/C9H9BrN4/c10-6-1-2-8(12-5-6)9-3-7(4-11)13-14-9/h1-3,5H,4,11H2,(H,13,14). The molecule has 0 aromatic carbocycles.